The van der Waals surface area contributed by atoms with Crippen molar-refractivity contribution >= 4 is 21.5 Å². The monoisotopic (exact) mass is 506 g/mol. The minimum Gasteiger partial charge on any atom is -0.493 e. The Labute approximate surface area is 227 Å². The number of hydrogen-bond donors (Lipinski definition) is 0. The second kappa shape index (κ2) is 8.64. The van der Waals surface area contributed by atoms with Gasteiger partial charge in [-0.2, -0.15) is 0 Å². The highest BCUT2D eigenvalue weighted by atomic mass is 16.5. The normalized spacial score (nSPS) is 13.2. The van der Waals surface area contributed by atoms with Crippen LogP contribution in [0.1, 0.15) is 17.5 Å². The molecule has 0 radical (unpaired) electrons. The molecule has 0 amide bonds. The third kappa shape index (κ3) is 3.29. The lowest BCUT2D eigenvalue weighted by atomic mass is 9.82. The molecule has 188 valence electrons. The zero-order valence-electron chi connectivity index (χ0n) is 21.7. The number of rotatable bonds is 4. The average Bonchev–Trinajstić information content (AvgIpc) is 3.47. The Hall–Kier alpha value is -4.76. The number of benzene rings is 6. The van der Waals surface area contributed by atoms with Crippen LogP contribution in [0.4, 0.5) is 0 Å². The SMILES string of the molecule is COc1ccccc1Oc1ccccc1-c1c2c(c3c4c(cccc14)Oc1ccc4ccccc4c1-3)CCC2. The maximum absolute atomic E-state index is 6.62. The second-order valence-corrected chi connectivity index (χ2v) is 10.3. The molecular formula is C36H26O3. The summed E-state index contributed by atoms with van der Waals surface area (Å²) in [6.45, 7) is 0. The van der Waals surface area contributed by atoms with Gasteiger partial charge in [-0.3, -0.25) is 0 Å². The summed E-state index contributed by atoms with van der Waals surface area (Å²) in [7, 11) is 1.68. The van der Waals surface area contributed by atoms with Crippen LogP contribution in [-0.4, -0.2) is 7.11 Å². The van der Waals surface area contributed by atoms with Crippen molar-refractivity contribution in [3.8, 4) is 51.0 Å². The van der Waals surface area contributed by atoms with Crippen molar-refractivity contribution in [1.82, 2.24) is 0 Å². The largest absolute Gasteiger partial charge is 0.493 e. The first-order valence-electron chi connectivity index (χ1n) is 13.5. The Bertz CT molecular complexity index is 1930. The van der Waals surface area contributed by atoms with Crippen LogP contribution in [0.25, 0.3) is 43.8 Å². The third-order valence-corrected chi connectivity index (χ3v) is 8.17. The summed E-state index contributed by atoms with van der Waals surface area (Å²) in [4.78, 5) is 0. The molecule has 0 saturated carbocycles. The molecule has 1 aliphatic carbocycles. The molecule has 0 bridgehead atoms. The molecule has 1 heterocycles. The second-order valence-electron chi connectivity index (χ2n) is 10.3. The van der Waals surface area contributed by atoms with E-state index in [0.29, 0.717) is 11.5 Å². The summed E-state index contributed by atoms with van der Waals surface area (Å²) in [5, 5.41) is 4.88. The van der Waals surface area contributed by atoms with Crippen LogP contribution in [0.2, 0.25) is 0 Å². The third-order valence-electron chi connectivity index (χ3n) is 8.17. The van der Waals surface area contributed by atoms with Gasteiger partial charge in [0.2, 0.25) is 0 Å². The van der Waals surface area contributed by atoms with Crippen molar-refractivity contribution in [3.05, 3.63) is 114 Å². The fourth-order valence-corrected chi connectivity index (χ4v) is 6.57. The first-order valence-corrected chi connectivity index (χ1v) is 13.5. The van der Waals surface area contributed by atoms with E-state index in [0.717, 1.165) is 42.1 Å². The predicted molar refractivity (Wildman–Crippen MR) is 157 cm³/mol. The number of hydrogen-bond acceptors (Lipinski definition) is 3. The lowest BCUT2D eigenvalue weighted by molar-refractivity contribution is 0.379. The first-order chi connectivity index (χ1) is 19.3. The van der Waals surface area contributed by atoms with Gasteiger partial charge in [-0.15, -0.1) is 0 Å². The molecule has 8 rings (SSSR count). The fraction of sp³-hybridized carbons (Fsp3) is 0.111. The van der Waals surface area contributed by atoms with Gasteiger partial charge < -0.3 is 14.2 Å². The van der Waals surface area contributed by atoms with Gasteiger partial charge in [0.25, 0.3) is 0 Å². The van der Waals surface area contributed by atoms with Crippen molar-refractivity contribution in [2.45, 2.75) is 19.3 Å². The van der Waals surface area contributed by atoms with Crippen molar-refractivity contribution < 1.29 is 14.2 Å². The predicted octanol–water partition coefficient (Wildman–Crippen LogP) is 9.72. The number of methoxy groups -OCH3 is 1. The van der Waals surface area contributed by atoms with Crippen molar-refractivity contribution in [1.29, 1.82) is 0 Å². The zero-order valence-corrected chi connectivity index (χ0v) is 21.7. The molecule has 0 saturated heterocycles. The Morgan fingerprint density at radius 3 is 2.15 bits per heavy atom. The van der Waals surface area contributed by atoms with Crippen LogP contribution in [-0.2, 0) is 12.8 Å². The van der Waals surface area contributed by atoms with E-state index in [2.05, 4.69) is 72.8 Å². The van der Waals surface area contributed by atoms with Crippen LogP contribution in [0.5, 0.6) is 28.7 Å². The van der Waals surface area contributed by atoms with Crippen LogP contribution >= 0.6 is 0 Å². The molecule has 3 nitrogen and oxygen atoms in total. The van der Waals surface area contributed by atoms with E-state index in [9.17, 15) is 0 Å². The van der Waals surface area contributed by atoms with Crippen LogP contribution in [0.3, 0.4) is 0 Å². The Kier molecular flexibility index (Phi) is 4.93. The van der Waals surface area contributed by atoms with Crippen LogP contribution in [0, 0.1) is 0 Å². The van der Waals surface area contributed by atoms with Gasteiger partial charge in [-0.05, 0) is 82.4 Å². The van der Waals surface area contributed by atoms with Crippen molar-refractivity contribution in [3.63, 3.8) is 0 Å². The summed E-state index contributed by atoms with van der Waals surface area (Å²) < 4.78 is 18.8. The lowest BCUT2D eigenvalue weighted by Crippen LogP contribution is -2.04. The Balaban J connectivity index is 1.44. The highest BCUT2D eigenvalue weighted by molar-refractivity contribution is 6.17. The van der Waals surface area contributed by atoms with E-state index < -0.39 is 0 Å². The van der Waals surface area contributed by atoms with E-state index in [1.807, 2.05) is 30.3 Å². The molecule has 6 aromatic carbocycles. The van der Waals surface area contributed by atoms with Gasteiger partial charge in [-0.1, -0.05) is 72.8 Å². The molecule has 0 atom stereocenters. The number of para-hydroxylation sites is 3. The minimum absolute atomic E-state index is 0.704. The Morgan fingerprint density at radius 2 is 1.28 bits per heavy atom. The summed E-state index contributed by atoms with van der Waals surface area (Å²) in [6, 6.07) is 35.6. The molecule has 1 aliphatic heterocycles. The van der Waals surface area contributed by atoms with Gasteiger partial charge in [-0.25, -0.2) is 0 Å². The first kappa shape index (κ1) is 22.2. The Morgan fingerprint density at radius 1 is 0.564 bits per heavy atom. The maximum Gasteiger partial charge on any atom is 0.169 e. The summed E-state index contributed by atoms with van der Waals surface area (Å²) in [5.74, 6) is 4.10. The highest BCUT2D eigenvalue weighted by Gasteiger charge is 2.32. The van der Waals surface area contributed by atoms with Crippen LogP contribution in [0.15, 0.2) is 103 Å². The summed E-state index contributed by atoms with van der Waals surface area (Å²) >= 11 is 0. The molecule has 6 aromatic rings. The maximum atomic E-state index is 6.62. The van der Waals surface area contributed by atoms with E-state index in [1.165, 1.54) is 49.4 Å². The highest BCUT2D eigenvalue weighted by Crippen LogP contribution is 2.56. The van der Waals surface area contributed by atoms with Gasteiger partial charge in [0.05, 0.1) is 7.11 Å². The van der Waals surface area contributed by atoms with Crippen LogP contribution < -0.4 is 14.2 Å². The van der Waals surface area contributed by atoms with Crippen molar-refractivity contribution in [2.75, 3.05) is 7.11 Å². The minimum atomic E-state index is 0.704. The molecule has 39 heavy (non-hydrogen) atoms. The standard InChI is InChI=1S/C36H26O3/c1-37-29-17-6-7-18-30(29)38-28-16-5-4-12-26(28)33-24-13-8-14-25(24)36-34-23-11-3-2-10-22(23)20-21-32(34)39-31-19-9-15-27(33)35(31)36/h2-7,9-12,15-21H,8,13-14H2,1H3. The van der Waals surface area contributed by atoms with Gasteiger partial charge in [0.15, 0.2) is 11.5 Å². The molecule has 2 aliphatic rings. The fourth-order valence-electron chi connectivity index (χ4n) is 6.57. The molecule has 0 spiro atoms. The quantitative estimate of drug-likeness (QED) is 0.238. The molecule has 0 aromatic heterocycles. The average molecular weight is 507 g/mol. The van der Waals surface area contributed by atoms with E-state index in [-0.39, 0.29) is 0 Å². The van der Waals surface area contributed by atoms with Crippen molar-refractivity contribution in [2.24, 2.45) is 0 Å². The van der Waals surface area contributed by atoms with Gasteiger partial charge >= 0.3 is 0 Å². The smallest absolute Gasteiger partial charge is 0.169 e. The molecular weight excluding hydrogens is 480 g/mol. The zero-order chi connectivity index (χ0) is 25.9. The van der Waals surface area contributed by atoms with E-state index >= 15 is 0 Å². The van der Waals surface area contributed by atoms with E-state index in [4.69, 9.17) is 14.2 Å². The molecule has 3 heteroatoms. The topological polar surface area (TPSA) is 27.7 Å². The molecule has 0 fully saturated rings. The van der Waals surface area contributed by atoms with Gasteiger partial charge in [0.1, 0.15) is 17.2 Å². The summed E-state index contributed by atoms with van der Waals surface area (Å²) in [5.41, 5.74) is 7.78. The lowest BCUT2D eigenvalue weighted by Gasteiger charge is -2.27. The van der Waals surface area contributed by atoms with Gasteiger partial charge in [0, 0.05) is 22.1 Å². The summed E-state index contributed by atoms with van der Waals surface area (Å²) in [6.07, 6.45) is 3.24. The number of fused-ring (bicyclic) bond motifs is 6. The molecule has 0 N–H and O–H groups in total. The molecule has 0 unspecified atom stereocenters. The number of ether oxygens (including phenoxy) is 3. The van der Waals surface area contributed by atoms with E-state index in [1.54, 1.807) is 7.11 Å².